The van der Waals surface area contributed by atoms with Gasteiger partial charge >= 0.3 is 6.18 Å². The van der Waals surface area contributed by atoms with Gasteiger partial charge < -0.3 is 15.4 Å². The largest absolute Gasteiger partial charge is 0.493 e. The van der Waals surface area contributed by atoms with Gasteiger partial charge in [0.15, 0.2) is 5.11 Å². The van der Waals surface area contributed by atoms with E-state index in [2.05, 4.69) is 45.7 Å². The summed E-state index contributed by atoms with van der Waals surface area (Å²) < 4.78 is 45.2. The first-order chi connectivity index (χ1) is 17.9. The van der Waals surface area contributed by atoms with Crippen LogP contribution >= 0.6 is 28.1 Å². The smallest absolute Gasteiger partial charge is 0.416 e. The topological polar surface area (TPSA) is 79.5 Å². The van der Waals surface area contributed by atoms with Crippen molar-refractivity contribution in [3.8, 4) is 5.75 Å². The van der Waals surface area contributed by atoms with Crippen LogP contribution in [0, 0.1) is 5.92 Å². The van der Waals surface area contributed by atoms with Gasteiger partial charge in [-0.1, -0.05) is 35.8 Å². The number of thiocarbonyl (C=S) groups is 1. The number of halogens is 4. The fourth-order valence-corrected chi connectivity index (χ4v) is 3.80. The average Bonchev–Trinajstić information content (AvgIpc) is 2.84. The second kappa shape index (κ2) is 12.9. The number of nitrogens with one attached hydrogen (secondary N) is 3. The number of alkyl halides is 3. The highest BCUT2D eigenvalue weighted by Gasteiger charge is 2.30. The van der Waals surface area contributed by atoms with Crippen molar-refractivity contribution in [3.05, 3.63) is 87.9 Å². The van der Waals surface area contributed by atoms with Crippen molar-refractivity contribution in [2.45, 2.75) is 26.4 Å². The number of carbonyl (C=O) groups excluding carboxylic acids is 2. The molecule has 11 heteroatoms. The van der Waals surface area contributed by atoms with E-state index in [0.717, 1.165) is 18.6 Å². The highest BCUT2D eigenvalue weighted by molar-refractivity contribution is 9.10. The van der Waals surface area contributed by atoms with Crippen LogP contribution in [0.15, 0.2) is 71.2 Å². The third kappa shape index (κ3) is 8.56. The van der Waals surface area contributed by atoms with Crippen LogP contribution in [0.3, 0.4) is 0 Å². The molecule has 2 amide bonds. The molecular formula is C27H25BrF3N3O3S. The molecule has 0 aliphatic carbocycles. The summed E-state index contributed by atoms with van der Waals surface area (Å²) in [6.45, 7) is 4.63. The van der Waals surface area contributed by atoms with E-state index in [-0.39, 0.29) is 16.4 Å². The number of carbonyl (C=O) groups is 2. The molecule has 0 aliphatic heterocycles. The molecule has 0 saturated carbocycles. The van der Waals surface area contributed by atoms with E-state index < -0.39 is 23.6 Å². The molecule has 0 unspecified atom stereocenters. The van der Waals surface area contributed by atoms with Crippen LogP contribution in [0.5, 0.6) is 5.75 Å². The number of amides is 2. The summed E-state index contributed by atoms with van der Waals surface area (Å²) in [5.74, 6) is -0.144. The lowest BCUT2D eigenvalue weighted by Gasteiger charge is -2.14. The molecule has 0 radical (unpaired) electrons. The first-order valence-corrected chi connectivity index (χ1v) is 12.8. The predicted molar refractivity (Wildman–Crippen MR) is 149 cm³/mol. The molecule has 38 heavy (non-hydrogen) atoms. The number of rotatable bonds is 8. The van der Waals surface area contributed by atoms with Gasteiger partial charge in [-0.2, -0.15) is 13.2 Å². The van der Waals surface area contributed by atoms with E-state index in [4.69, 9.17) is 17.0 Å². The predicted octanol–water partition coefficient (Wildman–Crippen LogP) is 7.27. The molecule has 0 heterocycles. The molecule has 3 rings (SSSR count). The van der Waals surface area contributed by atoms with Crippen molar-refractivity contribution in [1.29, 1.82) is 0 Å². The molecular weight excluding hydrogens is 583 g/mol. The van der Waals surface area contributed by atoms with E-state index >= 15 is 0 Å². The average molecular weight is 608 g/mol. The third-order valence-corrected chi connectivity index (χ3v) is 5.92. The minimum Gasteiger partial charge on any atom is -0.493 e. The van der Waals surface area contributed by atoms with Gasteiger partial charge in [0, 0.05) is 21.4 Å². The number of hydrogen-bond acceptors (Lipinski definition) is 4. The highest BCUT2D eigenvalue weighted by atomic mass is 79.9. The Labute approximate surface area is 232 Å². The van der Waals surface area contributed by atoms with Crippen LogP contribution in [0.2, 0.25) is 0 Å². The van der Waals surface area contributed by atoms with Crippen molar-refractivity contribution in [2.75, 3.05) is 17.2 Å². The molecule has 0 aromatic heterocycles. The van der Waals surface area contributed by atoms with Crippen LogP contribution in [-0.2, 0) is 6.18 Å². The van der Waals surface area contributed by atoms with E-state index in [1.54, 1.807) is 30.3 Å². The standard InChI is InChI=1S/C27H25BrF3N3O3S/c1-16(2)12-13-37-23-11-8-19(28)15-22(23)25(36)34-26(38)33-20-9-6-17(7-10-20)24(35)32-21-5-3-4-18(14-21)27(29,30)31/h3-11,14-16H,12-13H2,1-2H3,(H,32,35)(H2,33,34,36,38). The van der Waals surface area contributed by atoms with Crippen molar-refractivity contribution in [1.82, 2.24) is 5.32 Å². The fraction of sp³-hybridized carbons (Fsp3) is 0.222. The summed E-state index contributed by atoms with van der Waals surface area (Å²) in [7, 11) is 0. The lowest BCUT2D eigenvalue weighted by Crippen LogP contribution is -2.34. The SMILES string of the molecule is CC(C)CCOc1ccc(Br)cc1C(=O)NC(=S)Nc1ccc(C(=O)Nc2cccc(C(F)(F)F)c2)cc1. The zero-order chi connectivity index (χ0) is 27.9. The van der Waals surface area contributed by atoms with E-state index in [0.29, 0.717) is 34.0 Å². The molecule has 0 aliphatic rings. The molecule has 3 N–H and O–H groups in total. The van der Waals surface area contributed by atoms with Gasteiger partial charge in [0.25, 0.3) is 11.8 Å². The van der Waals surface area contributed by atoms with Crippen molar-refractivity contribution < 1.29 is 27.5 Å². The number of ether oxygens (including phenoxy) is 1. The maximum Gasteiger partial charge on any atom is 0.416 e. The highest BCUT2D eigenvalue weighted by Crippen LogP contribution is 2.31. The molecule has 6 nitrogen and oxygen atoms in total. The quantitative estimate of drug-likeness (QED) is 0.235. The van der Waals surface area contributed by atoms with Crippen LogP contribution in [0.4, 0.5) is 24.5 Å². The van der Waals surface area contributed by atoms with Crippen molar-refractivity contribution in [2.24, 2.45) is 5.92 Å². The zero-order valence-corrected chi connectivity index (χ0v) is 22.9. The van der Waals surface area contributed by atoms with Gasteiger partial charge in [-0.3, -0.25) is 14.9 Å². The van der Waals surface area contributed by atoms with Crippen LogP contribution < -0.4 is 20.7 Å². The Morgan fingerprint density at radius 3 is 2.32 bits per heavy atom. The summed E-state index contributed by atoms with van der Waals surface area (Å²) >= 11 is 8.62. The van der Waals surface area contributed by atoms with Gasteiger partial charge in [0.1, 0.15) is 5.75 Å². The first kappa shape index (κ1) is 29.1. The van der Waals surface area contributed by atoms with Crippen LogP contribution in [-0.4, -0.2) is 23.5 Å². The molecule has 0 spiro atoms. The molecule has 0 atom stereocenters. The van der Waals surface area contributed by atoms with Crippen LogP contribution in [0.25, 0.3) is 0 Å². The lowest BCUT2D eigenvalue weighted by atomic mass is 10.1. The third-order valence-electron chi connectivity index (χ3n) is 5.22. The number of hydrogen-bond donors (Lipinski definition) is 3. The number of anilines is 2. The molecule has 3 aromatic rings. The Kier molecular flexibility index (Phi) is 9.87. The van der Waals surface area contributed by atoms with Gasteiger partial charge in [-0.25, -0.2) is 0 Å². The summed E-state index contributed by atoms with van der Waals surface area (Å²) in [5.41, 5.74) is 0.196. The van der Waals surface area contributed by atoms with E-state index in [1.165, 1.54) is 24.3 Å². The van der Waals surface area contributed by atoms with Gasteiger partial charge in [0.05, 0.1) is 17.7 Å². The van der Waals surface area contributed by atoms with Gasteiger partial charge in [-0.05, 0) is 85.2 Å². The summed E-state index contributed by atoms with van der Waals surface area (Å²) in [5, 5.41) is 7.95. The Bertz CT molecular complexity index is 1310. The van der Waals surface area contributed by atoms with E-state index in [9.17, 15) is 22.8 Å². The molecule has 3 aromatic carbocycles. The van der Waals surface area contributed by atoms with E-state index in [1.807, 2.05) is 0 Å². The van der Waals surface area contributed by atoms with Gasteiger partial charge in [0.2, 0.25) is 0 Å². The lowest BCUT2D eigenvalue weighted by molar-refractivity contribution is -0.137. The zero-order valence-electron chi connectivity index (χ0n) is 20.5. The Hall–Kier alpha value is -3.44. The van der Waals surface area contributed by atoms with Crippen LogP contribution in [0.1, 0.15) is 46.5 Å². The second-order valence-corrected chi connectivity index (χ2v) is 10.0. The molecule has 0 saturated heterocycles. The number of benzene rings is 3. The van der Waals surface area contributed by atoms with Crippen molar-refractivity contribution in [3.63, 3.8) is 0 Å². The minimum absolute atomic E-state index is 0.0241. The maximum atomic E-state index is 12.9. The van der Waals surface area contributed by atoms with Gasteiger partial charge in [-0.15, -0.1) is 0 Å². The summed E-state index contributed by atoms with van der Waals surface area (Å²) in [6.07, 6.45) is -3.67. The molecule has 0 bridgehead atoms. The Morgan fingerprint density at radius 2 is 1.66 bits per heavy atom. The maximum absolute atomic E-state index is 12.9. The fourth-order valence-electron chi connectivity index (χ4n) is 3.22. The van der Waals surface area contributed by atoms with Crippen molar-refractivity contribution >= 4 is 56.4 Å². The Morgan fingerprint density at radius 1 is 0.947 bits per heavy atom. The second-order valence-electron chi connectivity index (χ2n) is 8.69. The summed E-state index contributed by atoms with van der Waals surface area (Å²) in [4.78, 5) is 25.3. The molecule has 0 fully saturated rings. The normalized spacial score (nSPS) is 11.1. The monoisotopic (exact) mass is 607 g/mol. The Balaban J connectivity index is 1.60. The molecule has 200 valence electrons. The summed E-state index contributed by atoms with van der Waals surface area (Å²) in [6, 6.07) is 15.6. The first-order valence-electron chi connectivity index (χ1n) is 11.6. The minimum atomic E-state index is -4.51.